The number of carbonyl (C=O) groups is 1. The highest BCUT2D eigenvalue weighted by molar-refractivity contribution is 9.10. The van der Waals surface area contributed by atoms with Crippen molar-refractivity contribution in [3.05, 3.63) is 39.1 Å². The number of anilines is 2. The fourth-order valence-electron chi connectivity index (χ4n) is 1.12. The summed E-state index contributed by atoms with van der Waals surface area (Å²) in [4.78, 5) is 15.7. The summed E-state index contributed by atoms with van der Waals surface area (Å²) in [7, 11) is 0. The van der Waals surface area contributed by atoms with Gasteiger partial charge < -0.3 is 11.1 Å². The van der Waals surface area contributed by atoms with Crippen LogP contribution in [0.1, 0.15) is 10.4 Å². The van der Waals surface area contributed by atoms with Gasteiger partial charge in [0.25, 0.3) is 5.91 Å². The molecule has 16 heavy (non-hydrogen) atoms. The molecule has 1 amide bonds. The minimum Gasteiger partial charge on any atom is -0.397 e. The van der Waals surface area contributed by atoms with E-state index in [4.69, 9.17) is 5.73 Å². The number of nitrogen functional groups attached to an aromatic ring is 1. The van der Waals surface area contributed by atoms with Crippen molar-refractivity contribution in [2.75, 3.05) is 11.1 Å². The van der Waals surface area contributed by atoms with Crippen LogP contribution in [-0.2, 0) is 0 Å². The molecular formula is C10H8BrN3OS. The first kappa shape index (κ1) is 11.1. The molecule has 2 aromatic heterocycles. The number of nitrogens with two attached hydrogens (primary N) is 1. The van der Waals surface area contributed by atoms with Crippen molar-refractivity contribution in [1.29, 1.82) is 0 Å². The fraction of sp³-hybridized carbons (Fsp3) is 0. The van der Waals surface area contributed by atoms with Gasteiger partial charge in [-0.25, -0.2) is 4.98 Å². The molecule has 2 aromatic rings. The van der Waals surface area contributed by atoms with Crippen LogP contribution in [0, 0.1) is 0 Å². The van der Waals surface area contributed by atoms with Crippen molar-refractivity contribution in [2.45, 2.75) is 0 Å². The van der Waals surface area contributed by atoms with Crippen LogP contribution < -0.4 is 11.1 Å². The topological polar surface area (TPSA) is 68.0 Å². The van der Waals surface area contributed by atoms with Crippen LogP contribution in [0.2, 0.25) is 0 Å². The maximum atomic E-state index is 11.7. The molecule has 0 spiro atoms. The maximum absolute atomic E-state index is 11.7. The second-order valence-corrected chi connectivity index (χ2v) is 4.70. The molecule has 82 valence electrons. The fourth-order valence-corrected chi connectivity index (χ4v) is 2.22. The highest BCUT2D eigenvalue weighted by atomic mass is 79.9. The Kier molecular flexibility index (Phi) is 3.21. The molecule has 0 saturated carbocycles. The first-order valence-electron chi connectivity index (χ1n) is 4.41. The van der Waals surface area contributed by atoms with E-state index in [-0.39, 0.29) is 5.91 Å². The Hall–Kier alpha value is -1.40. The number of hydrogen-bond donors (Lipinski definition) is 2. The predicted octanol–water partition coefficient (Wildman–Crippen LogP) is 2.74. The molecule has 2 heterocycles. The largest absolute Gasteiger partial charge is 0.397 e. The Bertz CT molecular complexity index is 513. The van der Waals surface area contributed by atoms with E-state index in [0.29, 0.717) is 21.5 Å². The molecule has 6 heteroatoms. The summed E-state index contributed by atoms with van der Waals surface area (Å²) < 4.78 is 0.663. The minimum absolute atomic E-state index is 0.181. The van der Waals surface area contributed by atoms with Gasteiger partial charge in [-0.3, -0.25) is 4.79 Å². The van der Waals surface area contributed by atoms with Gasteiger partial charge in [-0.2, -0.15) is 11.3 Å². The van der Waals surface area contributed by atoms with Gasteiger partial charge in [-0.05, 0) is 33.4 Å². The summed E-state index contributed by atoms with van der Waals surface area (Å²) in [5.74, 6) is 0.282. The Balaban J connectivity index is 2.18. The summed E-state index contributed by atoms with van der Waals surface area (Å²) >= 11 is 4.76. The number of rotatable bonds is 2. The number of pyridine rings is 1. The zero-order chi connectivity index (χ0) is 11.5. The molecule has 0 aliphatic rings. The van der Waals surface area contributed by atoms with E-state index in [1.54, 1.807) is 17.5 Å². The molecule has 4 nitrogen and oxygen atoms in total. The number of nitrogens with zero attached hydrogens (tertiary/aromatic N) is 1. The van der Waals surface area contributed by atoms with Crippen molar-refractivity contribution in [2.24, 2.45) is 0 Å². The molecule has 0 aliphatic carbocycles. The van der Waals surface area contributed by atoms with Crippen molar-refractivity contribution in [3.63, 3.8) is 0 Å². The molecular weight excluding hydrogens is 290 g/mol. The van der Waals surface area contributed by atoms with E-state index >= 15 is 0 Å². The summed E-state index contributed by atoms with van der Waals surface area (Å²) in [6, 6.07) is 3.45. The van der Waals surface area contributed by atoms with Crippen LogP contribution >= 0.6 is 27.3 Å². The zero-order valence-corrected chi connectivity index (χ0v) is 10.5. The summed E-state index contributed by atoms with van der Waals surface area (Å²) in [5, 5.41) is 6.32. The van der Waals surface area contributed by atoms with Crippen molar-refractivity contribution >= 4 is 44.7 Å². The van der Waals surface area contributed by atoms with E-state index in [2.05, 4.69) is 26.2 Å². The van der Waals surface area contributed by atoms with E-state index in [9.17, 15) is 4.79 Å². The summed E-state index contributed by atoms with van der Waals surface area (Å²) in [6.45, 7) is 0. The molecule has 0 atom stereocenters. The van der Waals surface area contributed by atoms with Crippen LogP contribution in [0.5, 0.6) is 0 Å². The van der Waals surface area contributed by atoms with E-state index in [1.165, 1.54) is 17.5 Å². The molecule has 0 aliphatic heterocycles. The first-order chi connectivity index (χ1) is 7.66. The van der Waals surface area contributed by atoms with E-state index < -0.39 is 0 Å². The van der Waals surface area contributed by atoms with E-state index in [1.807, 2.05) is 5.38 Å². The third-order valence-corrected chi connectivity index (χ3v) is 3.17. The molecule has 0 unspecified atom stereocenters. The van der Waals surface area contributed by atoms with Gasteiger partial charge in [0.05, 0.1) is 21.9 Å². The Labute approximate surface area is 105 Å². The van der Waals surface area contributed by atoms with Gasteiger partial charge >= 0.3 is 0 Å². The summed E-state index contributed by atoms with van der Waals surface area (Å²) in [5.41, 5.74) is 6.71. The average molecular weight is 298 g/mol. The van der Waals surface area contributed by atoms with Gasteiger partial charge in [0.2, 0.25) is 0 Å². The number of aromatic nitrogens is 1. The van der Waals surface area contributed by atoms with Crippen LogP contribution in [0.3, 0.4) is 0 Å². The third kappa shape index (κ3) is 2.40. The van der Waals surface area contributed by atoms with Gasteiger partial charge in [0, 0.05) is 5.38 Å². The van der Waals surface area contributed by atoms with Crippen LogP contribution in [0.25, 0.3) is 0 Å². The van der Waals surface area contributed by atoms with Gasteiger partial charge in [-0.1, -0.05) is 0 Å². The van der Waals surface area contributed by atoms with Gasteiger partial charge in [0.15, 0.2) is 0 Å². The SMILES string of the molecule is Nc1cnc(NC(=O)c2ccsc2)c(Br)c1. The number of carbonyl (C=O) groups excluding carboxylic acids is 1. The van der Waals surface area contributed by atoms with Gasteiger partial charge in [-0.15, -0.1) is 0 Å². The monoisotopic (exact) mass is 297 g/mol. The molecule has 0 radical (unpaired) electrons. The lowest BCUT2D eigenvalue weighted by atomic mass is 10.3. The van der Waals surface area contributed by atoms with Gasteiger partial charge in [0.1, 0.15) is 5.82 Å². The minimum atomic E-state index is -0.181. The first-order valence-corrected chi connectivity index (χ1v) is 6.15. The average Bonchev–Trinajstić information content (AvgIpc) is 2.75. The molecule has 0 bridgehead atoms. The number of amides is 1. The lowest BCUT2D eigenvalue weighted by Crippen LogP contribution is -2.12. The summed E-state index contributed by atoms with van der Waals surface area (Å²) in [6.07, 6.45) is 1.49. The zero-order valence-electron chi connectivity index (χ0n) is 8.11. The molecule has 0 saturated heterocycles. The molecule has 2 rings (SSSR count). The predicted molar refractivity (Wildman–Crippen MR) is 68.6 cm³/mol. The van der Waals surface area contributed by atoms with Crippen LogP contribution in [0.15, 0.2) is 33.6 Å². The lowest BCUT2D eigenvalue weighted by molar-refractivity contribution is 0.102. The quantitative estimate of drug-likeness (QED) is 0.895. The van der Waals surface area contributed by atoms with Crippen molar-refractivity contribution in [1.82, 2.24) is 4.98 Å². The van der Waals surface area contributed by atoms with Crippen LogP contribution in [-0.4, -0.2) is 10.9 Å². The third-order valence-electron chi connectivity index (χ3n) is 1.88. The number of hydrogen-bond acceptors (Lipinski definition) is 4. The van der Waals surface area contributed by atoms with E-state index in [0.717, 1.165) is 0 Å². The van der Waals surface area contributed by atoms with Crippen LogP contribution in [0.4, 0.5) is 11.5 Å². The Morgan fingerprint density at radius 2 is 2.38 bits per heavy atom. The smallest absolute Gasteiger partial charge is 0.257 e. The number of thiophene rings is 1. The second kappa shape index (κ2) is 4.63. The molecule has 0 fully saturated rings. The number of halogens is 1. The Morgan fingerprint density at radius 3 is 3.00 bits per heavy atom. The van der Waals surface area contributed by atoms with Crippen molar-refractivity contribution < 1.29 is 4.79 Å². The standard InChI is InChI=1S/C10H8BrN3OS/c11-8-3-7(12)4-13-9(8)14-10(15)6-1-2-16-5-6/h1-5H,12H2,(H,13,14,15). The maximum Gasteiger partial charge on any atom is 0.257 e. The lowest BCUT2D eigenvalue weighted by Gasteiger charge is -2.05. The normalized spacial score (nSPS) is 10.1. The number of nitrogens with one attached hydrogen (secondary N) is 1. The Morgan fingerprint density at radius 1 is 1.56 bits per heavy atom. The molecule has 3 N–H and O–H groups in total. The second-order valence-electron chi connectivity index (χ2n) is 3.07. The highest BCUT2D eigenvalue weighted by Gasteiger charge is 2.09. The highest BCUT2D eigenvalue weighted by Crippen LogP contribution is 2.22. The molecule has 0 aromatic carbocycles. The van der Waals surface area contributed by atoms with Crippen molar-refractivity contribution in [3.8, 4) is 0 Å².